The molecule has 0 aromatic heterocycles. The summed E-state index contributed by atoms with van der Waals surface area (Å²) in [5, 5.41) is 14.8. The summed E-state index contributed by atoms with van der Waals surface area (Å²) in [6.45, 7) is 4.38. The molecule has 0 saturated carbocycles. The number of carbonyl (C=O) groups is 2. The molecule has 0 heterocycles. The monoisotopic (exact) mass is 506 g/mol. The Hall–Kier alpha value is -4.00. The van der Waals surface area contributed by atoms with E-state index in [4.69, 9.17) is 9.47 Å². The van der Waals surface area contributed by atoms with E-state index in [1.165, 1.54) is 24.4 Å². The van der Waals surface area contributed by atoms with Crippen LogP contribution in [0, 0.1) is 10.1 Å². The zero-order valence-corrected chi connectivity index (χ0v) is 20.4. The maximum Gasteiger partial charge on any atom is 0.344 e. The number of hydrazone groups is 1. The molecule has 2 aromatic carbocycles. The van der Waals surface area contributed by atoms with Crippen LogP contribution in [0.4, 0.5) is 11.4 Å². The third-order valence-electron chi connectivity index (χ3n) is 4.08. The van der Waals surface area contributed by atoms with Gasteiger partial charge in [0.1, 0.15) is 17.9 Å². The number of hydrogen-bond acceptors (Lipinski definition) is 9. The quantitative estimate of drug-likeness (QED) is 0.222. The van der Waals surface area contributed by atoms with Crippen LogP contribution < -0.4 is 14.5 Å². The molecule has 1 amide bonds. The Morgan fingerprint density at radius 1 is 1.17 bits per heavy atom. The number of hydrogen-bond donors (Lipinski definition) is 1. The molecular weight excluding hydrogens is 480 g/mol. The number of anilines is 1. The number of sulfonamides is 1. The number of amides is 1. The van der Waals surface area contributed by atoms with Crippen molar-refractivity contribution < 1.29 is 32.4 Å². The zero-order valence-electron chi connectivity index (χ0n) is 19.6. The van der Waals surface area contributed by atoms with Crippen molar-refractivity contribution in [1.29, 1.82) is 0 Å². The van der Waals surface area contributed by atoms with E-state index in [9.17, 15) is 28.1 Å². The number of rotatable bonds is 10. The fourth-order valence-corrected chi connectivity index (χ4v) is 3.52. The number of non-ortho nitro benzene ring substituents is 1. The van der Waals surface area contributed by atoms with Gasteiger partial charge in [0.25, 0.3) is 11.6 Å². The molecule has 0 unspecified atom stereocenters. The van der Waals surface area contributed by atoms with Gasteiger partial charge in [-0.05, 0) is 56.7 Å². The Kier molecular flexibility index (Phi) is 8.89. The minimum atomic E-state index is -3.91. The molecule has 2 aromatic rings. The Balaban J connectivity index is 1.95. The van der Waals surface area contributed by atoms with Gasteiger partial charge in [-0.25, -0.2) is 18.6 Å². The molecule has 0 radical (unpaired) electrons. The smallest absolute Gasteiger partial charge is 0.344 e. The second kappa shape index (κ2) is 11.4. The highest BCUT2D eigenvalue weighted by molar-refractivity contribution is 7.92. The largest absolute Gasteiger partial charge is 0.482 e. The van der Waals surface area contributed by atoms with Crippen molar-refractivity contribution in [2.75, 3.05) is 23.7 Å². The van der Waals surface area contributed by atoms with Crippen molar-refractivity contribution in [2.24, 2.45) is 5.10 Å². The number of nitrogens with zero attached hydrogens (tertiary/aromatic N) is 3. The van der Waals surface area contributed by atoms with Gasteiger partial charge in [0, 0.05) is 12.1 Å². The van der Waals surface area contributed by atoms with Crippen molar-refractivity contribution in [2.45, 2.75) is 26.4 Å². The van der Waals surface area contributed by atoms with Crippen molar-refractivity contribution in [3.63, 3.8) is 0 Å². The molecule has 0 atom stereocenters. The van der Waals surface area contributed by atoms with Crippen LogP contribution in [0.1, 0.15) is 26.3 Å². The van der Waals surface area contributed by atoms with Crippen LogP contribution in [-0.2, 0) is 24.3 Å². The molecule has 0 spiro atoms. The van der Waals surface area contributed by atoms with Crippen molar-refractivity contribution >= 4 is 39.5 Å². The summed E-state index contributed by atoms with van der Waals surface area (Å²) in [6.07, 6.45) is 2.21. The zero-order chi connectivity index (χ0) is 26.2. The third kappa shape index (κ3) is 9.41. The summed E-state index contributed by atoms with van der Waals surface area (Å²) in [6, 6.07) is 11.4. The summed E-state index contributed by atoms with van der Waals surface area (Å²) in [4.78, 5) is 34.3. The molecule has 188 valence electrons. The lowest BCUT2D eigenvalue weighted by Crippen LogP contribution is -2.39. The predicted octanol–water partition coefficient (Wildman–Crippen LogP) is 2.23. The van der Waals surface area contributed by atoms with Crippen LogP contribution in [0.5, 0.6) is 5.75 Å². The predicted molar refractivity (Wildman–Crippen MR) is 129 cm³/mol. The molecule has 13 heteroatoms. The topological polar surface area (TPSA) is 158 Å². The molecule has 0 aliphatic carbocycles. The normalized spacial score (nSPS) is 11.7. The molecule has 0 bridgehead atoms. The molecular formula is C22H26N4O8S. The standard InChI is InChI=1S/C22H26N4O8S/c1-22(2,3)34-21(28)15-33-19-10-8-16(9-11-19)13-23-24-20(27)14-25(35(4,31)32)17-6-5-7-18(12-17)26(29)30/h5-13H,14-15H2,1-4H3,(H,24,27)/b23-13-. The lowest BCUT2D eigenvalue weighted by Gasteiger charge is -2.21. The minimum Gasteiger partial charge on any atom is -0.482 e. The van der Waals surface area contributed by atoms with Crippen LogP contribution >= 0.6 is 0 Å². The van der Waals surface area contributed by atoms with Crippen molar-refractivity contribution in [1.82, 2.24) is 5.43 Å². The summed E-state index contributed by atoms with van der Waals surface area (Å²) in [5.74, 6) is -0.826. The summed E-state index contributed by atoms with van der Waals surface area (Å²) in [5.41, 5.74) is 1.86. The third-order valence-corrected chi connectivity index (χ3v) is 5.22. The van der Waals surface area contributed by atoms with E-state index in [0.717, 1.165) is 16.6 Å². The van der Waals surface area contributed by atoms with Gasteiger partial charge < -0.3 is 9.47 Å². The van der Waals surface area contributed by atoms with Crippen LogP contribution in [0.25, 0.3) is 0 Å². The second-order valence-electron chi connectivity index (χ2n) is 8.28. The molecule has 35 heavy (non-hydrogen) atoms. The molecule has 0 saturated heterocycles. The highest BCUT2D eigenvalue weighted by atomic mass is 32.2. The maximum atomic E-state index is 12.3. The number of carbonyl (C=O) groups excluding carboxylic acids is 2. The van der Waals surface area contributed by atoms with Gasteiger partial charge in [0.2, 0.25) is 10.0 Å². The Bertz CT molecular complexity index is 1200. The average molecular weight is 507 g/mol. The maximum absolute atomic E-state index is 12.3. The average Bonchev–Trinajstić information content (AvgIpc) is 2.75. The first-order valence-electron chi connectivity index (χ1n) is 10.2. The van der Waals surface area contributed by atoms with Gasteiger partial charge in [-0.1, -0.05) is 6.07 Å². The van der Waals surface area contributed by atoms with Gasteiger partial charge in [-0.15, -0.1) is 0 Å². The molecule has 0 fully saturated rings. The fraction of sp³-hybridized carbons (Fsp3) is 0.318. The van der Waals surface area contributed by atoms with E-state index in [0.29, 0.717) is 11.3 Å². The van der Waals surface area contributed by atoms with E-state index in [1.807, 2.05) is 0 Å². The van der Waals surface area contributed by atoms with Crippen LogP contribution in [0.3, 0.4) is 0 Å². The van der Waals surface area contributed by atoms with Gasteiger partial charge in [0.15, 0.2) is 6.61 Å². The van der Waals surface area contributed by atoms with E-state index < -0.39 is 39.0 Å². The number of nitro groups is 1. The number of nitrogens with one attached hydrogen (secondary N) is 1. The molecule has 1 N–H and O–H groups in total. The van der Waals surface area contributed by atoms with Gasteiger partial charge in [-0.3, -0.25) is 19.2 Å². The van der Waals surface area contributed by atoms with Gasteiger partial charge in [-0.2, -0.15) is 5.10 Å². The van der Waals surface area contributed by atoms with Crippen LogP contribution in [0.15, 0.2) is 53.6 Å². The number of nitro benzene ring substituents is 1. The van der Waals surface area contributed by atoms with E-state index in [2.05, 4.69) is 10.5 Å². The first-order valence-corrected chi connectivity index (χ1v) is 12.1. The highest BCUT2D eigenvalue weighted by Gasteiger charge is 2.22. The van der Waals surface area contributed by atoms with Crippen molar-refractivity contribution in [3.05, 3.63) is 64.2 Å². The Labute approximate surface area is 202 Å². The summed E-state index contributed by atoms with van der Waals surface area (Å²) < 4.78 is 35.5. The summed E-state index contributed by atoms with van der Waals surface area (Å²) >= 11 is 0. The van der Waals surface area contributed by atoms with E-state index in [1.54, 1.807) is 45.0 Å². The first kappa shape index (κ1) is 27.2. The summed E-state index contributed by atoms with van der Waals surface area (Å²) in [7, 11) is -3.91. The number of benzene rings is 2. The molecule has 12 nitrogen and oxygen atoms in total. The number of esters is 1. The first-order chi connectivity index (χ1) is 16.2. The fourth-order valence-electron chi connectivity index (χ4n) is 2.67. The Morgan fingerprint density at radius 3 is 2.40 bits per heavy atom. The van der Waals surface area contributed by atoms with Gasteiger partial charge >= 0.3 is 5.97 Å². The number of ether oxygens (including phenoxy) is 2. The highest BCUT2D eigenvalue weighted by Crippen LogP contribution is 2.23. The van der Waals surface area contributed by atoms with E-state index >= 15 is 0 Å². The molecule has 2 rings (SSSR count). The van der Waals surface area contributed by atoms with Crippen molar-refractivity contribution in [3.8, 4) is 5.75 Å². The van der Waals surface area contributed by atoms with E-state index in [-0.39, 0.29) is 18.0 Å². The minimum absolute atomic E-state index is 0.0252. The van der Waals surface area contributed by atoms with Gasteiger partial charge in [0.05, 0.1) is 23.1 Å². The lowest BCUT2D eigenvalue weighted by atomic mass is 10.2. The Morgan fingerprint density at radius 2 is 1.83 bits per heavy atom. The second-order valence-corrected chi connectivity index (χ2v) is 10.2. The molecule has 0 aliphatic rings. The SMILES string of the molecule is CC(C)(C)OC(=O)COc1ccc(/C=N\NC(=O)CN(c2cccc([N+](=O)[O-])c2)S(C)(=O)=O)cc1. The lowest BCUT2D eigenvalue weighted by molar-refractivity contribution is -0.384. The van der Waals surface area contributed by atoms with Crippen LogP contribution in [-0.4, -0.2) is 56.4 Å². The molecule has 0 aliphatic heterocycles. The van der Waals surface area contributed by atoms with Crippen LogP contribution in [0.2, 0.25) is 0 Å².